The van der Waals surface area contributed by atoms with Gasteiger partial charge in [-0.15, -0.1) is 0 Å². The SMILES string of the molecule is CCN(CC)CC(=O)Nc1cccc(NC(=O)c2ccc(C)c(-c3ccc4nc(N)ncc4c3)c2)c1C. The van der Waals surface area contributed by atoms with E-state index in [9.17, 15) is 9.59 Å². The van der Waals surface area contributed by atoms with E-state index in [2.05, 4.69) is 20.6 Å². The highest BCUT2D eigenvalue weighted by Crippen LogP contribution is 2.29. The van der Waals surface area contributed by atoms with Crippen LogP contribution in [0.15, 0.2) is 60.8 Å². The summed E-state index contributed by atoms with van der Waals surface area (Å²) in [7, 11) is 0. The standard InChI is InChI=1S/C29H32N6O2/c1-5-35(6-2)17-27(36)32-24-8-7-9-25(19(24)4)33-28(37)21-11-10-18(3)23(15-21)20-12-13-26-22(14-20)16-31-29(30)34-26/h7-16H,5-6,17H2,1-4H3,(H,32,36)(H,33,37)(H2,30,31,34). The smallest absolute Gasteiger partial charge is 0.255 e. The Kier molecular flexibility index (Phi) is 7.79. The molecule has 0 aliphatic heterocycles. The lowest BCUT2D eigenvalue weighted by Crippen LogP contribution is -2.33. The first-order valence-electron chi connectivity index (χ1n) is 12.4. The van der Waals surface area contributed by atoms with Gasteiger partial charge in [0.1, 0.15) is 0 Å². The van der Waals surface area contributed by atoms with Crippen LogP contribution in [-0.2, 0) is 4.79 Å². The van der Waals surface area contributed by atoms with Crippen LogP contribution in [0.25, 0.3) is 22.0 Å². The number of carbonyl (C=O) groups excluding carboxylic acids is 2. The number of nitrogens with one attached hydrogen (secondary N) is 2. The normalized spacial score (nSPS) is 11.1. The molecule has 0 radical (unpaired) electrons. The maximum Gasteiger partial charge on any atom is 0.255 e. The van der Waals surface area contributed by atoms with Gasteiger partial charge < -0.3 is 16.4 Å². The maximum absolute atomic E-state index is 13.2. The van der Waals surface area contributed by atoms with Gasteiger partial charge in [0.25, 0.3) is 5.91 Å². The predicted molar refractivity (Wildman–Crippen MR) is 150 cm³/mol. The van der Waals surface area contributed by atoms with Crippen molar-refractivity contribution in [1.29, 1.82) is 0 Å². The number of carbonyl (C=O) groups is 2. The summed E-state index contributed by atoms with van der Waals surface area (Å²) in [6.45, 7) is 9.88. The fourth-order valence-electron chi connectivity index (χ4n) is 4.23. The van der Waals surface area contributed by atoms with Gasteiger partial charge in [-0.25, -0.2) is 9.97 Å². The van der Waals surface area contributed by atoms with Gasteiger partial charge in [-0.1, -0.05) is 32.0 Å². The molecule has 0 aliphatic carbocycles. The number of nitrogen functional groups attached to an aromatic ring is 1. The largest absolute Gasteiger partial charge is 0.368 e. The van der Waals surface area contributed by atoms with E-state index in [-0.39, 0.29) is 17.8 Å². The minimum atomic E-state index is -0.229. The van der Waals surface area contributed by atoms with Crippen LogP contribution in [0.5, 0.6) is 0 Å². The molecule has 0 unspecified atom stereocenters. The first-order chi connectivity index (χ1) is 17.8. The van der Waals surface area contributed by atoms with Gasteiger partial charge in [-0.3, -0.25) is 14.5 Å². The van der Waals surface area contributed by atoms with E-state index >= 15 is 0 Å². The van der Waals surface area contributed by atoms with Crippen molar-refractivity contribution in [1.82, 2.24) is 14.9 Å². The van der Waals surface area contributed by atoms with Crippen molar-refractivity contribution >= 4 is 40.0 Å². The van der Waals surface area contributed by atoms with E-state index in [1.165, 1.54) is 0 Å². The summed E-state index contributed by atoms with van der Waals surface area (Å²) in [5, 5.41) is 6.84. The van der Waals surface area contributed by atoms with Crippen molar-refractivity contribution in [2.45, 2.75) is 27.7 Å². The van der Waals surface area contributed by atoms with Gasteiger partial charge in [-0.2, -0.15) is 0 Å². The molecule has 0 saturated heterocycles. The summed E-state index contributed by atoms with van der Waals surface area (Å²) < 4.78 is 0. The predicted octanol–water partition coefficient (Wildman–Crippen LogP) is 5.03. The molecule has 4 N–H and O–H groups in total. The van der Waals surface area contributed by atoms with E-state index in [4.69, 9.17) is 5.73 Å². The molecule has 2 amide bonds. The van der Waals surface area contributed by atoms with E-state index in [0.717, 1.165) is 46.2 Å². The van der Waals surface area contributed by atoms with E-state index < -0.39 is 0 Å². The number of rotatable bonds is 8. The number of likely N-dealkylation sites (N-methyl/N-ethyl adjacent to an activating group) is 1. The highest BCUT2D eigenvalue weighted by Gasteiger charge is 2.14. The number of hydrogen-bond acceptors (Lipinski definition) is 6. The van der Waals surface area contributed by atoms with Gasteiger partial charge in [0.2, 0.25) is 11.9 Å². The van der Waals surface area contributed by atoms with Crippen molar-refractivity contribution in [2.24, 2.45) is 0 Å². The number of amides is 2. The summed E-state index contributed by atoms with van der Waals surface area (Å²) in [5.41, 5.74) is 12.1. The second kappa shape index (κ2) is 11.2. The van der Waals surface area contributed by atoms with Crippen LogP contribution in [0, 0.1) is 13.8 Å². The Labute approximate surface area is 216 Å². The molecule has 0 aliphatic rings. The first kappa shape index (κ1) is 25.8. The second-order valence-corrected chi connectivity index (χ2v) is 8.97. The molecule has 0 saturated carbocycles. The van der Waals surface area contributed by atoms with Gasteiger partial charge in [0.15, 0.2) is 0 Å². The van der Waals surface area contributed by atoms with Gasteiger partial charge >= 0.3 is 0 Å². The van der Waals surface area contributed by atoms with Crippen LogP contribution in [0.1, 0.15) is 35.3 Å². The Morgan fingerprint density at radius 3 is 2.41 bits per heavy atom. The Hall–Kier alpha value is -4.30. The van der Waals surface area contributed by atoms with Crippen LogP contribution in [0.3, 0.4) is 0 Å². The minimum absolute atomic E-state index is 0.0816. The number of benzene rings is 3. The Bertz CT molecular complexity index is 1460. The number of fused-ring (bicyclic) bond motifs is 1. The molecule has 1 heterocycles. The number of aryl methyl sites for hydroxylation is 1. The maximum atomic E-state index is 13.2. The van der Waals surface area contributed by atoms with Gasteiger partial charge in [0.05, 0.1) is 12.1 Å². The molecular formula is C29H32N6O2. The van der Waals surface area contributed by atoms with Crippen LogP contribution >= 0.6 is 0 Å². The van der Waals surface area contributed by atoms with Crippen molar-refractivity contribution in [2.75, 3.05) is 36.0 Å². The van der Waals surface area contributed by atoms with Crippen molar-refractivity contribution < 1.29 is 9.59 Å². The topological polar surface area (TPSA) is 113 Å². The second-order valence-electron chi connectivity index (χ2n) is 8.97. The van der Waals surface area contributed by atoms with Gasteiger partial charge in [0, 0.05) is 28.5 Å². The minimum Gasteiger partial charge on any atom is -0.368 e. The molecule has 0 atom stereocenters. The zero-order valence-corrected chi connectivity index (χ0v) is 21.6. The highest BCUT2D eigenvalue weighted by atomic mass is 16.2. The van der Waals surface area contributed by atoms with Crippen LogP contribution in [-0.4, -0.2) is 46.3 Å². The molecule has 8 nitrogen and oxygen atoms in total. The molecular weight excluding hydrogens is 464 g/mol. The summed E-state index contributed by atoms with van der Waals surface area (Å²) in [5.74, 6) is -0.0762. The molecule has 37 heavy (non-hydrogen) atoms. The Balaban J connectivity index is 1.55. The zero-order chi connectivity index (χ0) is 26.5. The fourth-order valence-corrected chi connectivity index (χ4v) is 4.23. The molecule has 3 aromatic carbocycles. The highest BCUT2D eigenvalue weighted by molar-refractivity contribution is 6.06. The van der Waals surface area contributed by atoms with Crippen molar-refractivity contribution in [3.63, 3.8) is 0 Å². The summed E-state index contributed by atoms with van der Waals surface area (Å²) in [6, 6.07) is 17.0. The third-order valence-electron chi connectivity index (χ3n) is 6.53. The molecule has 0 bridgehead atoms. The molecule has 0 spiro atoms. The number of nitrogens with two attached hydrogens (primary N) is 1. The third kappa shape index (κ3) is 5.92. The third-order valence-corrected chi connectivity index (χ3v) is 6.53. The lowest BCUT2D eigenvalue weighted by atomic mass is 9.97. The Morgan fingerprint density at radius 2 is 1.68 bits per heavy atom. The van der Waals surface area contributed by atoms with E-state index in [1.54, 1.807) is 6.20 Å². The van der Waals surface area contributed by atoms with Crippen molar-refractivity contribution in [3.05, 3.63) is 77.5 Å². The summed E-state index contributed by atoms with van der Waals surface area (Å²) >= 11 is 0. The number of hydrogen-bond donors (Lipinski definition) is 3. The average molecular weight is 497 g/mol. The first-order valence-corrected chi connectivity index (χ1v) is 12.4. The molecule has 8 heteroatoms. The molecule has 4 rings (SSSR count). The quantitative estimate of drug-likeness (QED) is 0.315. The summed E-state index contributed by atoms with van der Waals surface area (Å²) in [6.07, 6.45) is 1.70. The number of aromatic nitrogens is 2. The summed E-state index contributed by atoms with van der Waals surface area (Å²) in [4.78, 5) is 36.1. The molecule has 1 aromatic heterocycles. The van der Waals surface area contributed by atoms with Crippen LogP contribution in [0.2, 0.25) is 0 Å². The van der Waals surface area contributed by atoms with Crippen molar-refractivity contribution in [3.8, 4) is 11.1 Å². The zero-order valence-electron chi connectivity index (χ0n) is 21.6. The monoisotopic (exact) mass is 496 g/mol. The Morgan fingerprint density at radius 1 is 0.946 bits per heavy atom. The van der Waals surface area contributed by atoms with Crippen LogP contribution in [0.4, 0.5) is 17.3 Å². The van der Waals surface area contributed by atoms with Crippen LogP contribution < -0.4 is 16.4 Å². The molecule has 4 aromatic rings. The number of nitrogens with zero attached hydrogens (tertiary/aromatic N) is 3. The lowest BCUT2D eigenvalue weighted by Gasteiger charge is -2.18. The lowest BCUT2D eigenvalue weighted by molar-refractivity contribution is -0.117. The van der Waals surface area contributed by atoms with Gasteiger partial charge in [-0.05, 0) is 85.6 Å². The fraction of sp³-hybridized carbons (Fsp3) is 0.241. The molecule has 0 fully saturated rings. The number of anilines is 3. The molecule has 190 valence electrons. The van der Waals surface area contributed by atoms with E-state index in [0.29, 0.717) is 23.5 Å². The average Bonchev–Trinajstić information content (AvgIpc) is 2.89. The van der Waals surface area contributed by atoms with E-state index in [1.807, 2.05) is 87.2 Å².